The molecule has 4 fully saturated rings. The van der Waals surface area contributed by atoms with Crippen LogP contribution in [0.3, 0.4) is 0 Å². The van der Waals surface area contributed by atoms with Gasteiger partial charge in [-0.3, -0.25) is 4.79 Å². The van der Waals surface area contributed by atoms with Crippen LogP contribution in [0.2, 0.25) is 0 Å². The van der Waals surface area contributed by atoms with Gasteiger partial charge in [0.1, 0.15) is 6.67 Å². The Kier molecular flexibility index (Phi) is 8.17. The smallest absolute Gasteiger partial charge is 0.312 e. The molecule has 2 N–H and O–H groups in total. The Hall–Kier alpha value is -1.13. The van der Waals surface area contributed by atoms with E-state index in [2.05, 4.69) is 65.6 Å². The second kappa shape index (κ2) is 11.0. The molecule has 0 amide bonds. The van der Waals surface area contributed by atoms with E-state index in [1.807, 2.05) is 0 Å². The van der Waals surface area contributed by atoms with Gasteiger partial charge in [-0.25, -0.2) is 4.39 Å². The van der Waals surface area contributed by atoms with Crippen molar-refractivity contribution in [3.05, 3.63) is 35.5 Å². The van der Waals surface area contributed by atoms with Crippen molar-refractivity contribution in [3.63, 3.8) is 0 Å². The van der Waals surface area contributed by atoms with Gasteiger partial charge in [-0.15, -0.1) is 11.6 Å². The van der Waals surface area contributed by atoms with E-state index in [9.17, 15) is 14.3 Å². The van der Waals surface area contributed by atoms with Crippen molar-refractivity contribution in [2.75, 3.05) is 19.1 Å². The van der Waals surface area contributed by atoms with E-state index in [4.69, 9.17) is 11.6 Å². The molecule has 0 aromatic heterocycles. The Morgan fingerprint density at radius 3 is 2.34 bits per heavy atom. The standard InChI is InChI=1S/C39H59ClFNO2/c1-25(2)27-12-19-39(42-23-22-40)21-20-36(6)29(32(27)39)8-9-31-35(5)15-13-28(34(3,4)30(35)14-16-37(31,36)7)26-10-17-38(24-41,18-11-26)33(43)44/h10,13,27,29-32,42H,1,8-9,11-12,14-24H2,2-7H3,(H,43,44)/t27-,29+,30-,31+,32+,35-,36+,37+,38?,39-/m0/s1. The van der Waals surface area contributed by atoms with Crippen LogP contribution >= 0.6 is 11.6 Å². The Morgan fingerprint density at radius 2 is 1.73 bits per heavy atom. The Morgan fingerprint density at radius 1 is 0.977 bits per heavy atom. The molecule has 44 heavy (non-hydrogen) atoms. The van der Waals surface area contributed by atoms with Gasteiger partial charge in [-0.05, 0) is 146 Å². The van der Waals surface area contributed by atoms with Crippen LogP contribution in [0.15, 0.2) is 35.5 Å². The quantitative estimate of drug-likeness (QED) is 0.218. The molecule has 10 atom stereocenters. The van der Waals surface area contributed by atoms with E-state index >= 15 is 0 Å². The van der Waals surface area contributed by atoms with E-state index in [0.29, 0.717) is 65.6 Å². The maximum atomic E-state index is 13.9. The van der Waals surface area contributed by atoms with Gasteiger partial charge >= 0.3 is 5.97 Å². The minimum atomic E-state index is -1.24. The van der Waals surface area contributed by atoms with Crippen LogP contribution in [0.4, 0.5) is 4.39 Å². The van der Waals surface area contributed by atoms with Gasteiger partial charge in [0.2, 0.25) is 0 Å². The number of fused-ring (bicyclic) bond motifs is 7. The van der Waals surface area contributed by atoms with Crippen molar-refractivity contribution >= 4 is 17.6 Å². The van der Waals surface area contributed by atoms with Crippen LogP contribution in [-0.4, -0.2) is 35.7 Å². The second-order valence-corrected chi connectivity index (χ2v) is 18.0. The third-order valence-corrected chi connectivity index (χ3v) is 16.1. The fourth-order valence-electron chi connectivity index (χ4n) is 13.4. The predicted octanol–water partition coefficient (Wildman–Crippen LogP) is 9.91. The van der Waals surface area contributed by atoms with Crippen LogP contribution < -0.4 is 5.32 Å². The summed E-state index contributed by atoms with van der Waals surface area (Å²) < 4.78 is 13.9. The van der Waals surface area contributed by atoms with Gasteiger partial charge < -0.3 is 10.4 Å². The lowest BCUT2D eigenvalue weighted by molar-refractivity contribution is -0.221. The summed E-state index contributed by atoms with van der Waals surface area (Å²) in [6, 6.07) is 0. The lowest BCUT2D eigenvalue weighted by atomic mass is 9.33. The zero-order valence-corrected chi connectivity index (χ0v) is 29.2. The van der Waals surface area contributed by atoms with E-state index in [-0.39, 0.29) is 16.4 Å². The van der Waals surface area contributed by atoms with Crippen LogP contribution in [0.5, 0.6) is 0 Å². The minimum absolute atomic E-state index is 0.0144. The summed E-state index contributed by atoms with van der Waals surface area (Å²) in [4.78, 5) is 11.9. The number of allylic oxidation sites excluding steroid dienone is 5. The van der Waals surface area contributed by atoms with Gasteiger partial charge in [0.15, 0.2) is 0 Å². The molecule has 0 heterocycles. The zero-order chi connectivity index (χ0) is 31.9. The largest absolute Gasteiger partial charge is 0.481 e. The molecule has 6 aliphatic rings. The van der Waals surface area contributed by atoms with E-state index < -0.39 is 18.1 Å². The molecule has 5 heteroatoms. The maximum Gasteiger partial charge on any atom is 0.312 e. The van der Waals surface area contributed by atoms with Crippen LogP contribution in [0.1, 0.15) is 119 Å². The van der Waals surface area contributed by atoms with Gasteiger partial charge in [-0.1, -0.05) is 58.9 Å². The Balaban J connectivity index is 1.32. The first kappa shape index (κ1) is 32.8. The first-order valence-electron chi connectivity index (χ1n) is 17.8. The van der Waals surface area contributed by atoms with Crippen LogP contribution in [0.25, 0.3) is 0 Å². The molecule has 0 spiro atoms. The minimum Gasteiger partial charge on any atom is -0.481 e. The average molecular weight is 628 g/mol. The van der Waals surface area contributed by atoms with Gasteiger partial charge in [-0.2, -0.15) is 0 Å². The lowest BCUT2D eigenvalue weighted by Gasteiger charge is -2.72. The molecule has 0 aromatic carbocycles. The molecule has 6 aliphatic carbocycles. The summed E-state index contributed by atoms with van der Waals surface area (Å²) in [5.41, 5.74) is 3.93. The Labute approximate surface area is 271 Å². The first-order valence-corrected chi connectivity index (χ1v) is 18.4. The van der Waals surface area contributed by atoms with Crippen LogP contribution in [0, 0.1) is 56.7 Å². The lowest BCUT2D eigenvalue weighted by Crippen LogP contribution is -2.68. The predicted molar refractivity (Wildman–Crippen MR) is 179 cm³/mol. The highest BCUT2D eigenvalue weighted by molar-refractivity contribution is 6.18. The molecule has 4 saturated carbocycles. The number of rotatable bonds is 7. The highest BCUT2D eigenvalue weighted by atomic mass is 35.5. The van der Waals surface area contributed by atoms with Crippen molar-refractivity contribution in [1.29, 1.82) is 0 Å². The molecule has 0 saturated heterocycles. The number of hydrogen-bond donors (Lipinski definition) is 2. The normalized spacial score (nSPS) is 47.8. The number of alkyl halides is 2. The van der Waals surface area contributed by atoms with E-state index in [1.54, 1.807) is 0 Å². The molecule has 3 nitrogen and oxygen atoms in total. The number of carbonyl (C=O) groups is 1. The van der Waals surface area contributed by atoms with Crippen molar-refractivity contribution < 1.29 is 14.3 Å². The summed E-state index contributed by atoms with van der Waals surface area (Å²) in [6.45, 7) is 19.9. The SMILES string of the molecule is C=C(C)[C@@H]1CC[C@]2(NCCCl)CC[C@]3(C)[C@H](CC[C@@H]4[C@@]5(C)CC=C(C6=CCC(CF)(C(=O)O)CC6)C(C)(C)[C@@H]5CC[C@]43C)[C@@H]12. The van der Waals surface area contributed by atoms with E-state index in [0.717, 1.165) is 13.0 Å². The highest BCUT2D eigenvalue weighted by Gasteiger charge is 2.70. The molecular weight excluding hydrogens is 569 g/mol. The third-order valence-electron chi connectivity index (χ3n) is 15.9. The third kappa shape index (κ3) is 4.37. The molecule has 0 radical (unpaired) electrons. The number of carboxylic acids is 1. The first-order chi connectivity index (χ1) is 20.7. The Bertz CT molecular complexity index is 1260. The average Bonchev–Trinajstić information content (AvgIpc) is 3.36. The number of hydrogen-bond acceptors (Lipinski definition) is 2. The summed E-state index contributed by atoms with van der Waals surface area (Å²) in [5, 5.41) is 13.8. The van der Waals surface area contributed by atoms with Crippen LogP contribution in [-0.2, 0) is 4.79 Å². The van der Waals surface area contributed by atoms with Crippen molar-refractivity contribution in [3.8, 4) is 0 Å². The van der Waals surface area contributed by atoms with Gasteiger partial charge in [0.05, 0.1) is 5.41 Å². The zero-order valence-electron chi connectivity index (χ0n) is 28.5. The summed E-state index contributed by atoms with van der Waals surface area (Å²) in [5.74, 6) is 2.93. The van der Waals surface area contributed by atoms with E-state index in [1.165, 1.54) is 68.1 Å². The molecule has 246 valence electrons. The number of halogens is 2. The molecule has 6 rings (SSSR count). The molecule has 0 aliphatic heterocycles. The van der Waals surface area contributed by atoms with Crippen molar-refractivity contribution in [2.24, 2.45) is 56.7 Å². The summed E-state index contributed by atoms with van der Waals surface area (Å²) in [7, 11) is 0. The highest BCUT2D eigenvalue weighted by Crippen LogP contribution is 2.76. The number of aliphatic carboxylic acids is 1. The number of nitrogens with one attached hydrogen (secondary N) is 1. The monoisotopic (exact) mass is 627 g/mol. The van der Waals surface area contributed by atoms with Gasteiger partial charge in [0.25, 0.3) is 0 Å². The maximum absolute atomic E-state index is 13.9. The fraction of sp³-hybridized carbons (Fsp3) is 0.821. The topological polar surface area (TPSA) is 49.3 Å². The second-order valence-electron chi connectivity index (χ2n) is 17.7. The van der Waals surface area contributed by atoms with Gasteiger partial charge in [0, 0.05) is 18.0 Å². The number of carboxylic acid groups (broad SMARTS) is 1. The molecule has 0 bridgehead atoms. The van der Waals surface area contributed by atoms with Crippen molar-refractivity contribution in [2.45, 2.75) is 124 Å². The molecule has 1 unspecified atom stereocenters. The summed E-state index contributed by atoms with van der Waals surface area (Å²) in [6.07, 6.45) is 17.3. The fourth-order valence-corrected chi connectivity index (χ4v) is 13.5. The molecular formula is C39H59ClFNO2. The summed E-state index contributed by atoms with van der Waals surface area (Å²) >= 11 is 6.25. The molecule has 0 aromatic rings. The van der Waals surface area contributed by atoms with Crippen molar-refractivity contribution in [1.82, 2.24) is 5.32 Å².